The molecule has 0 aliphatic carbocycles. The van der Waals surface area contributed by atoms with Crippen LogP contribution in [0.3, 0.4) is 0 Å². The predicted octanol–water partition coefficient (Wildman–Crippen LogP) is 0.310. The van der Waals surface area contributed by atoms with Crippen LogP contribution >= 0.6 is 0 Å². The number of nitrogen functional groups attached to an aromatic ring is 2. The molecule has 3 nitrogen and oxygen atoms in total. The van der Waals surface area contributed by atoms with Crippen LogP contribution in [0.1, 0.15) is 5.56 Å². The van der Waals surface area contributed by atoms with Crippen LogP contribution in [0.25, 0.3) is 0 Å². The van der Waals surface area contributed by atoms with Crippen molar-refractivity contribution in [2.75, 3.05) is 11.5 Å². The first-order valence-electron chi connectivity index (χ1n) is 3.08. The van der Waals surface area contributed by atoms with Crippen LogP contribution < -0.4 is 17.2 Å². The van der Waals surface area contributed by atoms with E-state index in [4.69, 9.17) is 17.2 Å². The van der Waals surface area contributed by atoms with Crippen LogP contribution in [-0.2, 0) is 6.54 Å². The first kappa shape index (κ1) is 6.89. The minimum absolute atomic E-state index is 0.504. The van der Waals surface area contributed by atoms with Crippen molar-refractivity contribution in [3.05, 3.63) is 23.8 Å². The second-order valence-electron chi connectivity index (χ2n) is 2.17. The summed E-state index contributed by atoms with van der Waals surface area (Å²) in [4.78, 5) is 0. The highest BCUT2D eigenvalue weighted by Crippen LogP contribution is 2.14. The van der Waals surface area contributed by atoms with Crippen molar-refractivity contribution in [3.63, 3.8) is 0 Å². The zero-order valence-electron chi connectivity index (χ0n) is 5.67. The minimum Gasteiger partial charge on any atom is -0.397 e. The Morgan fingerprint density at radius 3 is 2.30 bits per heavy atom. The van der Waals surface area contributed by atoms with E-state index in [9.17, 15) is 0 Å². The third-order valence-electron chi connectivity index (χ3n) is 1.39. The molecule has 1 aromatic carbocycles. The topological polar surface area (TPSA) is 78.1 Å². The number of nitrogens with two attached hydrogens (primary N) is 3. The maximum atomic E-state index is 5.52. The van der Waals surface area contributed by atoms with Gasteiger partial charge in [-0.1, -0.05) is 6.07 Å². The molecule has 54 valence electrons. The van der Waals surface area contributed by atoms with Crippen molar-refractivity contribution >= 4 is 11.4 Å². The van der Waals surface area contributed by atoms with Gasteiger partial charge in [-0.3, -0.25) is 0 Å². The van der Waals surface area contributed by atoms with E-state index in [0.717, 1.165) is 5.56 Å². The van der Waals surface area contributed by atoms with Crippen molar-refractivity contribution < 1.29 is 0 Å². The third kappa shape index (κ3) is 1.19. The Morgan fingerprint density at radius 1 is 1.10 bits per heavy atom. The molecule has 10 heavy (non-hydrogen) atoms. The summed E-state index contributed by atoms with van der Waals surface area (Å²) in [5, 5.41) is 0. The molecule has 3 heteroatoms. The Hall–Kier alpha value is -1.22. The van der Waals surface area contributed by atoms with Crippen LogP contribution in [0, 0.1) is 0 Å². The average molecular weight is 137 g/mol. The molecule has 1 rings (SSSR count). The summed E-state index contributed by atoms with van der Waals surface area (Å²) < 4.78 is 0. The maximum absolute atomic E-state index is 5.52. The van der Waals surface area contributed by atoms with Gasteiger partial charge in [0.15, 0.2) is 0 Å². The van der Waals surface area contributed by atoms with Crippen LogP contribution in [0.5, 0.6) is 0 Å². The van der Waals surface area contributed by atoms with Crippen molar-refractivity contribution in [2.45, 2.75) is 6.54 Å². The van der Waals surface area contributed by atoms with Crippen LogP contribution in [0.4, 0.5) is 11.4 Å². The second-order valence-corrected chi connectivity index (χ2v) is 2.17. The molecule has 0 radical (unpaired) electrons. The molecule has 0 aliphatic rings. The smallest absolute Gasteiger partial charge is 0.0551 e. The Labute approximate surface area is 59.8 Å². The van der Waals surface area contributed by atoms with Gasteiger partial charge in [0.2, 0.25) is 0 Å². The Morgan fingerprint density at radius 2 is 1.80 bits per heavy atom. The van der Waals surface area contributed by atoms with E-state index in [0.29, 0.717) is 17.9 Å². The summed E-state index contributed by atoms with van der Waals surface area (Å²) in [7, 11) is 0. The number of hydrogen-bond acceptors (Lipinski definition) is 3. The van der Waals surface area contributed by atoms with Gasteiger partial charge in [-0.15, -0.1) is 0 Å². The van der Waals surface area contributed by atoms with Gasteiger partial charge in [-0.25, -0.2) is 0 Å². The molecular weight excluding hydrogens is 126 g/mol. The molecule has 0 aliphatic heterocycles. The SMILES string of the molecule is NCc1ccc(N)c(N)c1. The molecule has 6 N–H and O–H groups in total. The fraction of sp³-hybridized carbons (Fsp3) is 0.143. The third-order valence-corrected chi connectivity index (χ3v) is 1.39. The summed E-state index contributed by atoms with van der Waals surface area (Å²) in [6.07, 6.45) is 0. The molecule has 0 saturated heterocycles. The molecule has 0 fully saturated rings. The van der Waals surface area contributed by atoms with E-state index in [-0.39, 0.29) is 0 Å². The van der Waals surface area contributed by atoms with Gasteiger partial charge in [0.25, 0.3) is 0 Å². The largest absolute Gasteiger partial charge is 0.397 e. The lowest BCUT2D eigenvalue weighted by Crippen LogP contribution is -1.99. The molecule has 0 aromatic heterocycles. The standard InChI is InChI=1S/C7H11N3/c8-4-5-1-2-6(9)7(10)3-5/h1-3H,4,8-10H2. The summed E-state index contributed by atoms with van der Waals surface area (Å²) >= 11 is 0. The van der Waals surface area contributed by atoms with Gasteiger partial charge in [0.1, 0.15) is 0 Å². The van der Waals surface area contributed by atoms with Crippen LogP contribution in [-0.4, -0.2) is 0 Å². The van der Waals surface area contributed by atoms with Crippen molar-refractivity contribution in [3.8, 4) is 0 Å². The maximum Gasteiger partial charge on any atom is 0.0551 e. The Bertz CT molecular complexity index is 232. The zero-order valence-corrected chi connectivity index (χ0v) is 5.67. The molecule has 1 aromatic rings. The van der Waals surface area contributed by atoms with E-state index in [1.807, 2.05) is 6.07 Å². The molecule has 0 heterocycles. The predicted molar refractivity (Wildman–Crippen MR) is 43.2 cm³/mol. The normalized spacial score (nSPS) is 9.70. The van der Waals surface area contributed by atoms with Crippen molar-refractivity contribution in [2.24, 2.45) is 5.73 Å². The van der Waals surface area contributed by atoms with Crippen LogP contribution in [0.15, 0.2) is 18.2 Å². The molecule has 0 atom stereocenters. The highest BCUT2D eigenvalue weighted by atomic mass is 14.7. The van der Waals surface area contributed by atoms with Crippen molar-refractivity contribution in [1.82, 2.24) is 0 Å². The van der Waals surface area contributed by atoms with E-state index in [2.05, 4.69) is 0 Å². The lowest BCUT2D eigenvalue weighted by molar-refractivity contribution is 1.07. The molecule has 0 spiro atoms. The van der Waals surface area contributed by atoms with E-state index < -0.39 is 0 Å². The lowest BCUT2D eigenvalue weighted by Gasteiger charge is -2.00. The second kappa shape index (κ2) is 2.58. The van der Waals surface area contributed by atoms with Crippen LogP contribution in [0.2, 0.25) is 0 Å². The minimum atomic E-state index is 0.504. The highest BCUT2D eigenvalue weighted by Gasteiger charge is 1.93. The van der Waals surface area contributed by atoms with Crippen molar-refractivity contribution in [1.29, 1.82) is 0 Å². The molecular formula is C7H11N3. The van der Waals surface area contributed by atoms with Gasteiger partial charge >= 0.3 is 0 Å². The summed E-state index contributed by atoms with van der Waals surface area (Å²) in [5.74, 6) is 0. The monoisotopic (exact) mass is 137 g/mol. The zero-order chi connectivity index (χ0) is 7.56. The molecule has 0 bridgehead atoms. The van der Waals surface area contributed by atoms with E-state index in [1.165, 1.54) is 0 Å². The average Bonchev–Trinajstić information content (AvgIpc) is 1.95. The number of anilines is 2. The number of hydrogen-bond donors (Lipinski definition) is 3. The molecule has 0 unspecified atom stereocenters. The number of benzene rings is 1. The lowest BCUT2D eigenvalue weighted by atomic mass is 10.2. The van der Waals surface area contributed by atoms with E-state index in [1.54, 1.807) is 12.1 Å². The molecule has 0 amide bonds. The van der Waals surface area contributed by atoms with Gasteiger partial charge < -0.3 is 17.2 Å². The van der Waals surface area contributed by atoms with Gasteiger partial charge in [-0.2, -0.15) is 0 Å². The first-order valence-corrected chi connectivity index (χ1v) is 3.08. The molecule has 0 saturated carbocycles. The van der Waals surface area contributed by atoms with Gasteiger partial charge in [0.05, 0.1) is 11.4 Å². The number of rotatable bonds is 1. The van der Waals surface area contributed by atoms with Gasteiger partial charge in [0, 0.05) is 6.54 Å². The van der Waals surface area contributed by atoms with E-state index >= 15 is 0 Å². The Kier molecular flexibility index (Phi) is 1.78. The first-order chi connectivity index (χ1) is 4.74. The summed E-state index contributed by atoms with van der Waals surface area (Å²) in [5.41, 5.74) is 18.6. The highest BCUT2D eigenvalue weighted by molar-refractivity contribution is 5.63. The van der Waals surface area contributed by atoms with Gasteiger partial charge in [-0.05, 0) is 17.7 Å². The Balaban J connectivity index is 3.04. The quantitative estimate of drug-likeness (QED) is 0.487. The summed E-state index contributed by atoms with van der Waals surface area (Å²) in [6.45, 7) is 0.504. The fourth-order valence-electron chi connectivity index (χ4n) is 0.751. The fourth-order valence-corrected chi connectivity index (χ4v) is 0.751. The summed E-state index contributed by atoms with van der Waals surface area (Å²) in [6, 6.07) is 5.42.